The van der Waals surface area contributed by atoms with E-state index in [1.54, 1.807) is 18.2 Å². The minimum Gasteiger partial charge on any atom is -0.490 e. The molecule has 1 N–H and O–H groups in total. The number of H-pyrrole nitrogens is 1. The lowest BCUT2D eigenvalue weighted by Crippen LogP contribution is -2.39. The first kappa shape index (κ1) is 20.6. The topological polar surface area (TPSA) is 50.4 Å². The van der Waals surface area contributed by atoms with Crippen molar-refractivity contribution in [3.05, 3.63) is 83.4 Å². The molecule has 1 fully saturated rings. The summed E-state index contributed by atoms with van der Waals surface area (Å²) in [7, 11) is 0. The van der Waals surface area contributed by atoms with E-state index in [-0.39, 0.29) is 17.7 Å². The number of aryl methyl sites for hydroxylation is 1. The number of halogens is 1. The van der Waals surface area contributed by atoms with Gasteiger partial charge in [-0.1, -0.05) is 42.5 Å². The zero-order valence-electron chi connectivity index (χ0n) is 17.1. The lowest BCUT2D eigenvalue weighted by atomic mass is 10.1. The number of para-hydroxylation sites is 1. The van der Waals surface area contributed by atoms with Crippen molar-refractivity contribution in [3.63, 3.8) is 0 Å². The van der Waals surface area contributed by atoms with Crippen molar-refractivity contribution in [1.82, 2.24) is 15.1 Å². The molecule has 0 aliphatic carbocycles. The van der Waals surface area contributed by atoms with Gasteiger partial charge in [0, 0.05) is 25.2 Å². The Bertz CT molecular complexity index is 916. The summed E-state index contributed by atoms with van der Waals surface area (Å²) in [5.74, 6) is -0.0650. The highest BCUT2D eigenvalue weighted by atomic mass is 19.1. The highest BCUT2D eigenvalue weighted by Crippen LogP contribution is 2.22. The molecule has 1 aliphatic heterocycles. The summed E-state index contributed by atoms with van der Waals surface area (Å²) >= 11 is 0. The van der Waals surface area contributed by atoms with Crippen molar-refractivity contribution in [2.75, 3.05) is 32.8 Å². The van der Waals surface area contributed by atoms with E-state index in [1.165, 1.54) is 11.6 Å². The van der Waals surface area contributed by atoms with Gasteiger partial charge < -0.3 is 9.47 Å². The molecule has 2 heterocycles. The zero-order chi connectivity index (χ0) is 20.6. The molecule has 30 heavy (non-hydrogen) atoms. The molecule has 1 saturated heterocycles. The first-order chi connectivity index (χ1) is 14.8. The zero-order valence-corrected chi connectivity index (χ0v) is 17.1. The Kier molecular flexibility index (Phi) is 7.11. The SMILES string of the molecule is Fc1ccccc1OCCc1cc([C@H]2CN(CCCc3ccccc3)CCO2)n[nH]1. The number of rotatable bonds is 9. The van der Waals surface area contributed by atoms with Crippen LogP contribution in [0.4, 0.5) is 4.39 Å². The molecular formula is C24H28FN3O2. The lowest BCUT2D eigenvalue weighted by molar-refractivity contribution is -0.0322. The third-order valence-electron chi connectivity index (χ3n) is 5.38. The van der Waals surface area contributed by atoms with Crippen LogP contribution < -0.4 is 4.74 Å². The Labute approximate surface area is 176 Å². The van der Waals surface area contributed by atoms with Gasteiger partial charge >= 0.3 is 0 Å². The van der Waals surface area contributed by atoms with Crippen LogP contribution in [0.25, 0.3) is 0 Å². The van der Waals surface area contributed by atoms with Gasteiger partial charge in [-0.05, 0) is 43.1 Å². The third-order valence-corrected chi connectivity index (χ3v) is 5.38. The van der Waals surface area contributed by atoms with Crippen LogP contribution in [0, 0.1) is 5.82 Å². The summed E-state index contributed by atoms with van der Waals surface area (Å²) in [4.78, 5) is 2.45. The summed E-state index contributed by atoms with van der Waals surface area (Å²) in [6, 6.07) is 19.1. The maximum Gasteiger partial charge on any atom is 0.165 e. The summed E-state index contributed by atoms with van der Waals surface area (Å²) in [5, 5.41) is 7.50. The number of aromatic amines is 1. The van der Waals surface area contributed by atoms with E-state index in [4.69, 9.17) is 9.47 Å². The van der Waals surface area contributed by atoms with Gasteiger partial charge in [0.05, 0.1) is 18.9 Å². The molecule has 0 saturated carbocycles. The number of hydrogen-bond donors (Lipinski definition) is 1. The Hall–Kier alpha value is -2.70. The minimum absolute atomic E-state index is 0.0204. The maximum absolute atomic E-state index is 13.6. The van der Waals surface area contributed by atoms with Crippen LogP contribution in [0.3, 0.4) is 0 Å². The van der Waals surface area contributed by atoms with Gasteiger partial charge in [-0.15, -0.1) is 0 Å². The second kappa shape index (κ2) is 10.4. The molecule has 0 bridgehead atoms. The van der Waals surface area contributed by atoms with Gasteiger partial charge in [0.2, 0.25) is 0 Å². The molecule has 5 nitrogen and oxygen atoms in total. The van der Waals surface area contributed by atoms with Crippen molar-refractivity contribution in [2.24, 2.45) is 0 Å². The molecule has 2 aromatic carbocycles. The number of nitrogens with zero attached hydrogens (tertiary/aromatic N) is 2. The van der Waals surface area contributed by atoms with Crippen molar-refractivity contribution in [3.8, 4) is 5.75 Å². The monoisotopic (exact) mass is 409 g/mol. The highest BCUT2D eigenvalue weighted by Gasteiger charge is 2.23. The standard InChI is InChI=1S/C24H28FN3O2/c25-21-10-4-5-11-23(21)29-15-12-20-17-22(27-26-20)24-18-28(14-16-30-24)13-6-9-19-7-2-1-3-8-19/h1-5,7-8,10-11,17,24H,6,9,12-16,18H2,(H,26,27)/t24-/m1/s1. The van der Waals surface area contributed by atoms with Gasteiger partial charge in [0.1, 0.15) is 6.10 Å². The van der Waals surface area contributed by atoms with Crippen molar-refractivity contribution in [1.29, 1.82) is 0 Å². The Balaban J connectivity index is 1.23. The summed E-state index contributed by atoms with van der Waals surface area (Å²) in [5.41, 5.74) is 3.27. The number of benzene rings is 2. The first-order valence-electron chi connectivity index (χ1n) is 10.6. The van der Waals surface area contributed by atoms with E-state index in [0.29, 0.717) is 19.6 Å². The van der Waals surface area contributed by atoms with E-state index in [0.717, 1.165) is 43.9 Å². The van der Waals surface area contributed by atoms with Crippen LogP contribution in [0.2, 0.25) is 0 Å². The number of hydrogen-bond acceptors (Lipinski definition) is 4. The van der Waals surface area contributed by atoms with E-state index in [1.807, 2.05) is 6.07 Å². The maximum atomic E-state index is 13.6. The molecule has 0 spiro atoms. The van der Waals surface area contributed by atoms with Crippen LogP contribution in [0.5, 0.6) is 5.75 Å². The second-order valence-electron chi connectivity index (χ2n) is 7.60. The van der Waals surface area contributed by atoms with E-state index in [2.05, 4.69) is 45.4 Å². The molecule has 158 valence electrons. The fourth-order valence-electron chi connectivity index (χ4n) is 3.74. The Morgan fingerprint density at radius 3 is 2.80 bits per heavy atom. The Morgan fingerprint density at radius 2 is 1.93 bits per heavy atom. The summed E-state index contributed by atoms with van der Waals surface area (Å²) in [6.45, 7) is 3.97. The van der Waals surface area contributed by atoms with Gasteiger partial charge in [0.25, 0.3) is 0 Å². The summed E-state index contributed by atoms with van der Waals surface area (Å²) in [6.07, 6.45) is 2.84. The molecule has 6 heteroatoms. The van der Waals surface area contributed by atoms with Crippen LogP contribution in [0.1, 0.15) is 29.5 Å². The molecule has 1 aromatic heterocycles. The lowest BCUT2D eigenvalue weighted by Gasteiger charge is -2.32. The van der Waals surface area contributed by atoms with E-state index in [9.17, 15) is 4.39 Å². The predicted molar refractivity (Wildman–Crippen MR) is 114 cm³/mol. The van der Waals surface area contributed by atoms with Crippen molar-refractivity contribution in [2.45, 2.75) is 25.4 Å². The molecular weight excluding hydrogens is 381 g/mol. The van der Waals surface area contributed by atoms with Crippen LogP contribution >= 0.6 is 0 Å². The fraction of sp³-hybridized carbons (Fsp3) is 0.375. The predicted octanol–water partition coefficient (Wildman–Crippen LogP) is 4.18. The van der Waals surface area contributed by atoms with Crippen LogP contribution in [-0.2, 0) is 17.6 Å². The Morgan fingerprint density at radius 1 is 1.10 bits per heavy atom. The molecule has 1 atom stereocenters. The number of aromatic nitrogens is 2. The van der Waals surface area contributed by atoms with Crippen LogP contribution in [0.15, 0.2) is 60.7 Å². The fourth-order valence-corrected chi connectivity index (χ4v) is 3.74. The number of ether oxygens (including phenoxy) is 2. The molecule has 0 unspecified atom stereocenters. The first-order valence-corrected chi connectivity index (χ1v) is 10.6. The normalized spacial score (nSPS) is 17.2. The van der Waals surface area contributed by atoms with Gasteiger partial charge in [-0.2, -0.15) is 5.10 Å². The number of morpholine rings is 1. The number of nitrogens with one attached hydrogen (secondary N) is 1. The van der Waals surface area contributed by atoms with Crippen molar-refractivity contribution < 1.29 is 13.9 Å². The molecule has 3 aromatic rings. The third kappa shape index (κ3) is 5.68. The smallest absolute Gasteiger partial charge is 0.165 e. The van der Waals surface area contributed by atoms with Crippen LogP contribution in [-0.4, -0.2) is 47.9 Å². The molecule has 0 amide bonds. The second-order valence-corrected chi connectivity index (χ2v) is 7.60. The average molecular weight is 410 g/mol. The van der Waals surface area contributed by atoms with Gasteiger partial charge in [-0.3, -0.25) is 10.00 Å². The molecule has 0 radical (unpaired) electrons. The van der Waals surface area contributed by atoms with Crippen molar-refractivity contribution >= 4 is 0 Å². The molecule has 1 aliphatic rings. The van der Waals surface area contributed by atoms with E-state index < -0.39 is 0 Å². The van der Waals surface area contributed by atoms with Gasteiger partial charge in [-0.25, -0.2) is 4.39 Å². The average Bonchev–Trinajstić information content (AvgIpc) is 3.25. The summed E-state index contributed by atoms with van der Waals surface area (Å²) < 4.78 is 25.1. The molecule has 4 rings (SSSR count). The largest absolute Gasteiger partial charge is 0.490 e. The quantitative estimate of drug-likeness (QED) is 0.576. The van der Waals surface area contributed by atoms with Gasteiger partial charge in [0.15, 0.2) is 11.6 Å². The highest BCUT2D eigenvalue weighted by molar-refractivity contribution is 5.23. The van der Waals surface area contributed by atoms with E-state index >= 15 is 0 Å². The minimum atomic E-state index is -0.342.